The molecule has 0 radical (unpaired) electrons. The zero-order valence-electron chi connectivity index (χ0n) is 10.4. The molecular formula is C16H14O2. The maximum Gasteiger partial charge on any atom is 0.323 e. The van der Waals surface area contributed by atoms with Crippen LogP contribution >= 0.6 is 0 Å². The number of rotatable bonds is 1. The smallest absolute Gasteiger partial charge is 0.323 e. The Morgan fingerprint density at radius 1 is 0.944 bits per heavy atom. The van der Waals surface area contributed by atoms with E-state index in [0.29, 0.717) is 5.75 Å². The Labute approximate surface area is 106 Å². The number of carbonyl (C=O) groups excluding carboxylic acids is 1. The number of hydrogen-bond acceptors (Lipinski definition) is 2. The molecule has 0 bridgehead atoms. The predicted molar refractivity (Wildman–Crippen MR) is 69.8 cm³/mol. The highest BCUT2D eigenvalue weighted by Gasteiger charge is 2.34. The molecule has 3 rings (SSSR count). The third kappa shape index (κ3) is 1.70. The summed E-state index contributed by atoms with van der Waals surface area (Å²) in [6, 6.07) is 13.9. The van der Waals surface area contributed by atoms with Gasteiger partial charge in [-0.05, 0) is 25.5 Å². The van der Waals surface area contributed by atoms with Crippen LogP contribution in [0.25, 0.3) is 0 Å². The van der Waals surface area contributed by atoms with E-state index in [1.54, 1.807) is 0 Å². The predicted octanol–water partition coefficient (Wildman–Crippen LogP) is 3.35. The highest BCUT2D eigenvalue weighted by Crippen LogP contribution is 2.39. The molecule has 1 unspecified atom stereocenters. The van der Waals surface area contributed by atoms with Crippen molar-refractivity contribution >= 4 is 5.97 Å². The largest absolute Gasteiger partial charge is 0.425 e. The molecule has 0 N–H and O–H groups in total. The summed E-state index contributed by atoms with van der Waals surface area (Å²) >= 11 is 0. The topological polar surface area (TPSA) is 26.3 Å². The second kappa shape index (κ2) is 3.98. The number of aryl methyl sites for hydroxylation is 2. The molecule has 0 saturated carbocycles. The van der Waals surface area contributed by atoms with Crippen molar-refractivity contribution in [2.75, 3.05) is 0 Å². The van der Waals surface area contributed by atoms with Gasteiger partial charge in [0.2, 0.25) is 0 Å². The van der Waals surface area contributed by atoms with Gasteiger partial charge in [0.1, 0.15) is 11.7 Å². The highest BCUT2D eigenvalue weighted by atomic mass is 16.5. The first kappa shape index (κ1) is 11.0. The van der Waals surface area contributed by atoms with Crippen molar-refractivity contribution < 1.29 is 9.53 Å². The first-order valence-corrected chi connectivity index (χ1v) is 6.04. The lowest BCUT2D eigenvalue weighted by molar-refractivity contribution is -0.133. The third-order valence-electron chi connectivity index (χ3n) is 3.33. The molecule has 0 amide bonds. The summed E-state index contributed by atoms with van der Waals surface area (Å²) in [7, 11) is 0. The van der Waals surface area contributed by atoms with Crippen LogP contribution in [0.2, 0.25) is 0 Å². The fraction of sp³-hybridized carbons (Fsp3) is 0.188. The Kier molecular flexibility index (Phi) is 2.44. The Morgan fingerprint density at radius 3 is 2.33 bits per heavy atom. The number of fused-ring (bicyclic) bond motifs is 1. The number of ether oxygens (including phenoxy) is 1. The SMILES string of the molecule is Cc1ccc(C2C(=O)Oc3ccc(C)cc32)cc1. The van der Waals surface area contributed by atoms with Crippen molar-refractivity contribution in [1.29, 1.82) is 0 Å². The van der Waals surface area contributed by atoms with Crippen molar-refractivity contribution in [2.45, 2.75) is 19.8 Å². The van der Waals surface area contributed by atoms with Crippen LogP contribution < -0.4 is 4.74 Å². The number of benzene rings is 2. The molecule has 2 aromatic carbocycles. The standard InChI is InChI=1S/C16H14O2/c1-10-3-6-12(7-4-10)15-13-9-11(2)5-8-14(13)18-16(15)17/h3-9,15H,1-2H3. The lowest BCUT2D eigenvalue weighted by Gasteiger charge is -2.08. The van der Waals surface area contributed by atoms with E-state index in [0.717, 1.165) is 16.7 Å². The molecule has 2 nitrogen and oxygen atoms in total. The van der Waals surface area contributed by atoms with E-state index in [1.165, 1.54) is 5.56 Å². The van der Waals surface area contributed by atoms with Crippen molar-refractivity contribution in [3.05, 3.63) is 64.7 Å². The third-order valence-corrected chi connectivity index (χ3v) is 3.33. The van der Waals surface area contributed by atoms with Crippen LogP contribution in [0.1, 0.15) is 28.2 Å². The molecule has 2 heteroatoms. The van der Waals surface area contributed by atoms with Gasteiger partial charge >= 0.3 is 5.97 Å². The minimum absolute atomic E-state index is 0.181. The fourth-order valence-corrected chi connectivity index (χ4v) is 2.36. The molecule has 1 aliphatic heterocycles. The molecule has 0 fully saturated rings. The summed E-state index contributed by atoms with van der Waals surface area (Å²) in [4.78, 5) is 12.0. The maximum atomic E-state index is 12.0. The monoisotopic (exact) mass is 238 g/mol. The number of hydrogen-bond donors (Lipinski definition) is 0. The van der Waals surface area contributed by atoms with Gasteiger partial charge in [-0.15, -0.1) is 0 Å². The summed E-state index contributed by atoms with van der Waals surface area (Å²) in [5, 5.41) is 0. The maximum absolute atomic E-state index is 12.0. The van der Waals surface area contributed by atoms with E-state index in [1.807, 2.05) is 56.3 Å². The molecule has 0 aliphatic carbocycles. The van der Waals surface area contributed by atoms with Gasteiger partial charge in [-0.3, -0.25) is 4.79 Å². The fourth-order valence-electron chi connectivity index (χ4n) is 2.36. The number of esters is 1. The molecular weight excluding hydrogens is 224 g/mol. The Balaban J connectivity index is 2.11. The van der Waals surface area contributed by atoms with Crippen LogP contribution in [0.15, 0.2) is 42.5 Å². The molecule has 0 spiro atoms. The Bertz CT molecular complexity index is 611. The van der Waals surface area contributed by atoms with Crippen molar-refractivity contribution in [2.24, 2.45) is 0 Å². The number of carbonyl (C=O) groups is 1. The molecule has 1 atom stereocenters. The highest BCUT2D eigenvalue weighted by molar-refractivity contribution is 5.89. The van der Waals surface area contributed by atoms with Gasteiger partial charge in [-0.25, -0.2) is 0 Å². The van der Waals surface area contributed by atoms with Crippen LogP contribution in [-0.2, 0) is 4.79 Å². The van der Waals surface area contributed by atoms with Gasteiger partial charge < -0.3 is 4.74 Å². The van der Waals surface area contributed by atoms with Crippen LogP contribution in [0, 0.1) is 13.8 Å². The van der Waals surface area contributed by atoms with Crippen LogP contribution in [-0.4, -0.2) is 5.97 Å². The van der Waals surface area contributed by atoms with E-state index >= 15 is 0 Å². The molecule has 0 saturated heterocycles. The average molecular weight is 238 g/mol. The Hall–Kier alpha value is -2.09. The molecule has 90 valence electrons. The molecule has 1 heterocycles. The van der Waals surface area contributed by atoms with Gasteiger partial charge in [0.15, 0.2) is 0 Å². The van der Waals surface area contributed by atoms with Crippen molar-refractivity contribution in [3.63, 3.8) is 0 Å². The minimum atomic E-state index is -0.277. The zero-order valence-corrected chi connectivity index (χ0v) is 10.4. The van der Waals surface area contributed by atoms with Gasteiger partial charge in [0, 0.05) is 5.56 Å². The van der Waals surface area contributed by atoms with Crippen LogP contribution in [0.5, 0.6) is 5.75 Å². The lowest BCUT2D eigenvalue weighted by Crippen LogP contribution is -2.11. The molecule has 1 aliphatic rings. The first-order chi connectivity index (χ1) is 8.65. The van der Waals surface area contributed by atoms with Gasteiger partial charge in [0.25, 0.3) is 0 Å². The second-order valence-corrected chi connectivity index (χ2v) is 4.81. The van der Waals surface area contributed by atoms with Gasteiger partial charge in [0.05, 0.1) is 0 Å². The minimum Gasteiger partial charge on any atom is -0.425 e. The first-order valence-electron chi connectivity index (χ1n) is 6.04. The van der Waals surface area contributed by atoms with E-state index in [2.05, 4.69) is 0 Å². The summed E-state index contributed by atoms with van der Waals surface area (Å²) in [5.74, 6) is 0.233. The summed E-state index contributed by atoms with van der Waals surface area (Å²) < 4.78 is 5.32. The summed E-state index contributed by atoms with van der Waals surface area (Å²) in [6.45, 7) is 4.06. The van der Waals surface area contributed by atoms with E-state index in [4.69, 9.17) is 4.74 Å². The normalized spacial score (nSPS) is 17.4. The van der Waals surface area contributed by atoms with E-state index < -0.39 is 0 Å². The average Bonchev–Trinajstić information content (AvgIpc) is 2.66. The van der Waals surface area contributed by atoms with Gasteiger partial charge in [-0.1, -0.05) is 47.5 Å². The van der Waals surface area contributed by atoms with Crippen molar-refractivity contribution in [3.8, 4) is 5.75 Å². The Morgan fingerprint density at radius 2 is 1.61 bits per heavy atom. The van der Waals surface area contributed by atoms with Crippen LogP contribution in [0.3, 0.4) is 0 Å². The lowest BCUT2D eigenvalue weighted by atomic mass is 9.91. The summed E-state index contributed by atoms with van der Waals surface area (Å²) in [5.41, 5.74) is 4.30. The molecule has 18 heavy (non-hydrogen) atoms. The van der Waals surface area contributed by atoms with E-state index in [-0.39, 0.29) is 11.9 Å². The van der Waals surface area contributed by atoms with Crippen LogP contribution in [0.4, 0.5) is 0 Å². The van der Waals surface area contributed by atoms with Crippen molar-refractivity contribution in [1.82, 2.24) is 0 Å². The molecule has 2 aromatic rings. The zero-order chi connectivity index (χ0) is 12.7. The van der Waals surface area contributed by atoms with E-state index in [9.17, 15) is 4.79 Å². The second-order valence-electron chi connectivity index (χ2n) is 4.81. The quantitative estimate of drug-likeness (QED) is 0.562. The van der Waals surface area contributed by atoms with Gasteiger partial charge in [-0.2, -0.15) is 0 Å². The summed E-state index contributed by atoms with van der Waals surface area (Å²) in [6.07, 6.45) is 0. The molecule has 0 aromatic heterocycles.